The molecule has 0 heterocycles. The number of terminal acetylenes is 1. The van der Waals surface area contributed by atoms with Gasteiger partial charge in [-0.2, -0.15) is 0 Å². The van der Waals surface area contributed by atoms with Gasteiger partial charge in [-0.05, 0) is 24.1 Å². The van der Waals surface area contributed by atoms with Gasteiger partial charge in [-0.15, -0.1) is 12.3 Å². The maximum atomic E-state index is 13.4. The normalized spacial score (nSPS) is 12.1. The van der Waals surface area contributed by atoms with Crippen LogP contribution in [0.4, 0.5) is 4.39 Å². The van der Waals surface area contributed by atoms with Crippen LogP contribution in [-0.4, -0.2) is 13.1 Å². The standard InChI is InChI=1S/C13H17FN2/c1-3-4-7-16-13(9-15)11-6-5-10(2)12(14)8-11/h1,5-6,8,13,16H,4,7,9,15H2,2H3. The number of nitrogens with two attached hydrogens (primary N) is 1. The second-order valence-electron chi connectivity index (χ2n) is 3.71. The number of rotatable bonds is 5. The first-order chi connectivity index (χ1) is 7.69. The van der Waals surface area contributed by atoms with Crippen molar-refractivity contribution in [1.29, 1.82) is 0 Å². The Labute approximate surface area is 96.0 Å². The Morgan fingerprint density at radius 2 is 2.31 bits per heavy atom. The van der Waals surface area contributed by atoms with Gasteiger partial charge in [0.25, 0.3) is 0 Å². The highest BCUT2D eigenvalue weighted by Crippen LogP contribution is 2.15. The van der Waals surface area contributed by atoms with E-state index in [9.17, 15) is 4.39 Å². The van der Waals surface area contributed by atoms with Gasteiger partial charge in [0.1, 0.15) is 5.82 Å². The van der Waals surface area contributed by atoms with Gasteiger partial charge in [-0.3, -0.25) is 0 Å². The van der Waals surface area contributed by atoms with Gasteiger partial charge in [0.15, 0.2) is 0 Å². The van der Waals surface area contributed by atoms with Crippen LogP contribution in [0.1, 0.15) is 23.6 Å². The molecule has 0 aromatic heterocycles. The number of nitrogens with one attached hydrogen (secondary N) is 1. The fourth-order valence-corrected chi connectivity index (χ4v) is 1.48. The van der Waals surface area contributed by atoms with Crippen molar-refractivity contribution in [3.05, 3.63) is 35.1 Å². The second-order valence-corrected chi connectivity index (χ2v) is 3.71. The van der Waals surface area contributed by atoms with E-state index in [1.165, 1.54) is 6.07 Å². The third-order valence-corrected chi connectivity index (χ3v) is 2.49. The summed E-state index contributed by atoms with van der Waals surface area (Å²) in [6.07, 6.45) is 5.80. The van der Waals surface area contributed by atoms with Crippen molar-refractivity contribution in [2.75, 3.05) is 13.1 Å². The molecule has 0 spiro atoms. The summed E-state index contributed by atoms with van der Waals surface area (Å²) >= 11 is 0. The topological polar surface area (TPSA) is 38.0 Å². The molecule has 86 valence electrons. The van der Waals surface area contributed by atoms with E-state index in [0.29, 0.717) is 25.1 Å². The molecule has 0 saturated carbocycles. The van der Waals surface area contributed by atoms with Crippen LogP contribution in [0.3, 0.4) is 0 Å². The number of hydrogen-bond acceptors (Lipinski definition) is 2. The van der Waals surface area contributed by atoms with E-state index < -0.39 is 0 Å². The fourth-order valence-electron chi connectivity index (χ4n) is 1.48. The lowest BCUT2D eigenvalue weighted by molar-refractivity contribution is 0.543. The maximum absolute atomic E-state index is 13.4. The molecule has 0 amide bonds. The number of halogens is 1. The quantitative estimate of drug-likeness (QED) is 0.586. The van der Waals surface area contributed by atoms with Crippen LogP contribution in [0.5, 0.6) is 0 Å². The van der Waals surface area contributed by atoms with Gasteiger partial charge in [-0.25, -0.2) is 4.39 Å². The van der Waals surface area contributed by atoms with Crippen LogP contribution in [-0.2, 0) is 0 Å². The molecule has 16 heavy (non-hydrogen) atoms. The third-order valence-electron chi connectivity index (χ3n) is 2.49. The van der Waals surface area contributed by atoms with Crippen molar-refractivity contribution in [3.63, 3.8) is 0 Å². The number of aryl methyl sites for hydroxylation is 1. The van der Waals surface area contributed by atoms with E-state index in [1.807, 2.05) is 6.07 Å². The second kappa shape index (κ2) is 6.26. The highest BCUT2D eigenvalue weighted by Gasteiger charge is 2.09. The molecule has 0 fully saturated rings. The predicted octanol–water partition coefficient (Wildman–Crippen LogP) is 1.75. The summed E-state index contributed by atoms with van der Waals surface area (Å²) in [5, 5.41) is 3.20. The Balaban J connectivity index is 2.71. The maximum Gasteiger partial charge on any atom is 0.126 e. The van der Waals surface area contributed by atoms with E-state index in [0.717, 1.165) is 5.56 Å². The lowest BCUT2D eigenvalue weighted by Crippen LogP contribution is -2.29. The average Bonchev–Trinajstić information content (AvgIpc) is 2.29. The van der Waals surface area contributed by atoms with Gasteiger partial charge in [0.05, 0.1) is 0 Å². The average molecular weight is 220 g/mol. The molecule has 1 rings (SSSR count). The van der Waals surface area contributed by atoms with Crippen LogP contribution in [0.15, 0.2) is 18.2 Å². The van der Waals surface area contributed by atoms with Crippen LogP contribution in [0, 0.1) is 25.1 Å². The first-order valence-corrected chi connectivity index (χ1v) is 5.32. The van der Waals surface area contributed by atoms with Gasteiger partial charge in [-0.1, -0.05) is 12.1 Å². The van der Waals surface area contributed by atoms with Gasteiger partial charge >= 0.3 is 0 Å². The van der Waals surface area contributed by atoms with Crippen molar-refractivity contribution in [2.45, 2.75) is 19.4 Å². The molecule has 0 aliphatic carbocycles. The Bertz CT molecular complexity index is 382. The third kappa shape index (κ3) is 3.34. The van der Waals surface area contributed by atoms with Gasteiger partial charge in [0.2, 0.25) is 0 Å². The minimum Gasteiger partial charge on any atom is -0.329 e. The molecule has 0 aliphatic rings. The SMILES string of the molecule is C#CCCNC(CN)c1ccc(C)c(F)c1. The van der Waals surface area contributed by atoms with Crippen molar-refractivity contribution >= 4 is 0 Å². The Morgan fingerprint density at radius 1 is 1.56 bits per heavy atom. The zero-order valence-corrected chi connectivity index (χ0v) is 9.46. The predicted molar refractivity (Wildman–Crippen MR) is 64.4 cm³/mol. The largest absolute Gasteiger partial charge is 0.329 e. The van der Waals surface area contributed by atoms with Crippen LogP contribution in [0.2, 0.25) is 0 Å². The molecule has 3 N–H and O–H groups in total. The molecular weight excluding hydrogens is 203 g/mol. The molecule has 1 aromatic rings. The highest BCUT2D eigenvalue weighted by molar-refractivity contribution is 5.26. The molecular formula is C13H17FN2. The molecule has 0 radical (unpaired) electrons. The van der Waals surface area contributed by atoms with Crippen LogP contribution >= 0.6 is 0 Å². The van der Waals surface area contributed by atoms with E-state index in [1.54, 1.807) is 13.0 Å². The molecule has 1 atom stereocenters. The summed E-state index contributed by atoms with van der Waals surface area (Å²) in [5.74, 6) is 2.34. The van der Waals surface area contributed by atoms with E-state index in [4.69, 9.17) is 12.2 Å². The zero-order valence-electron chi connectivity index (χ0n) is 9.46. The molecule has 0 saturated heterocycles. The minimum absolute atomic E-state index is 0.0385. The van der Waals surface area contributed by atoms with Crippen LogP contribution in [0.25, 0.3) is 0 Å². The Hall–Kier alpha value is -1.37. The molecule has 1 aromatic carbocycles. The van der Waals surface area contributed by atoms with E-state index in [-0.39, 0.29) is 11.9 Å². The molecule has 0 aliphatic heterocycles. The molecule has 0 bridgehead atoms. The lowest BCUT2D eigenvalue weighted by Gasteiger charge is -2.17. The van der Waals surface area contributed by atoms with E-state index in [2.05, 4.69) is 11.2 Å². The lowest BCUT2D eigenvalue weighted by atomic mass is 10.0. The van der Waals surface area contributed by atoms with Crippen LogP contribution < -0.4 is 11.1 Å². The summed E-state index contributed by atoms with van der Waals surface area (Å²) in [5.41, 5.74) is 7.14. The monoisotopic (exact) mass is 220 g/mol. The van der Waals surface area contributed by atoms with Gasteiger partial charge in [0, 0.05) is 25.6 Å². The molecule has 1 unspecified atom stereocenters. The summed E-state index contributed by atoms with van der Waals surface area (Å²) in [4.78, 5) is 0. The summed E-state index contributed by atoms with van der Waals surface area (Å²) in [7, 11) is 0. The minimum atomic E-state index is -0.199. The zero-order chi connectivity index (χ0) is 12.0. The van der Waals surface area contributed by atoms with Crippen molar-refractivity contribution < 1.29 is 4.39 Å². The summed E-state index contributed by atoms with van der Waals surface area (Å²) in [6, 6.07) is 5.13. The first kappa shape index (κ1) is 12.7. The fraction of sp³-hybridized carbons (Fsp3) is 0.385. The highest BCUT2D eigenvalue weighted by atomic mass is 19.1. The summed E-state index contributed by atoms with van der Waals surface area (Å²) in [6.45, 7) is 2.85. The Morgan fingerprint density at radius 3 is 2.88 bits per heavy atom. The van der Waals surface area contributed by atoms with Gasteiger partial charge < -0.3 is 11.1 Å². The number of benzene rings is 1. The smallest absolute Gasteiger partial charge is 0.126 e. The van der Waals surface area contributed by atoms with Crippen molar-refractivity contribution in [2.24, 2.45) is 5.73 Å². The Kier molecular flexibility index (Phi) is 4.97. The summed E-state index contributed by atoms with van der Waals surface area (Å²) < 4.78 is 13.4. The van der Waals surface area contributed by atoms with Crippen molar-refractivity contribution in [3.8, 4) is 12.3 Å². The first-order valence-electron chi connectivity index (χ1n) is 5.32. The van der Waals surface area contributed by atoms with E-state index >= 15 is 0 Å². The van der Waals surface area contributed by atoms with Crippen molar-refractivity contribution in [1.82, 2.24) is 5.32 Å². The number of hydrogen-bond donors (Lipinski definition) is 2. The molecule has 2 nitrogen and oxygen atoms in total. The molecule has 3 heteroatoms.